The molecule has 148 valence electrons. The molecule has 11 heteroatoms. The number of fused-ring (bicyclic) bond motifs is 1. The van der Waals surface area contributed by atoms with Gasteiger partial charge >= 0.3 is 5.69 Å². The van der Waals surface area contributed by atoms with Crippen LogP contribution in [0.5, 0.6) is 5.75 Å². The zero-order chi connectivity index (χ0) is 20.1. The molecule has 1 aliphatic rings. The van der Waals surface area contributed by atoms with Crippen molar-refractivity contribution in [1.29, 1.82) is 0 Å². The largest absolute Gasteiger partial charge is 0.593 e. The fourth-order valence-electron chi connectivity index (χ4n) is 3.30. The number of sulfonamides is 1. The maximum Gasteiger partial charge on any atom is 0.350 e. The van der Waals surface area contributed by atoms with Crippen molar-refractivity contribution in [2.24, 2.45) is 0 Å². The summed E-state index contributed by atoms with van der Waals surface area (Å²) in [7, 11) is -2.24. The van der Waals surface area contributed by atoms with Crippen molar-refractivity contribution in [2.75, 3.05) is 13.7 Å². The van der Waals surface area contributed by atoms with Crippen molar-refractivity contribution in [3.8, 4) is 11.4 Å². The first kappa shape index (κ1) is 18.6. The van der Waals surface area contributed by atoms with Crippen LogP contribution in [0, 0.1) is 13.8 Å². The molecule has 3 heterocycles. The zero-order valence-electron chi connectivity index (χ0n) is 15.6. The first-order valence-corrected chi connectivity index (χ1v) is 10.0. The Labute approximate surface area is 161 Å². The van der Waals surface area contributed by atoms with Crippen LogP contribution < -0.4 is 10.4 Å². The fourth-order valence-corrected chi connectivity index (χ4v) is 4.97. The third kappa shape index (κ3) is 2.87. The van der Waals surface area contributed by atoms with E-state index >= 15 is 0 Å². The number of aryl methyl sites for hydroxylation is 2. The molecule has 2 aromatic heterocycles. The van der Waals surface area contributed by atoms with Crippen LogP contribution in [0.1, 0.15) is 17.3 Å². The molecule has 0 amide bonds. The lowest BCUT2D eigenvalue weighted by atomic mass is 10.3. The molecule has 0 radical (unpaired) electrons. The molecular weight excluding hydrogens is 386 g/mol. The summed E-state index contributed by atoms with van der Waals surface area (Å²) < 4.78 is 40.2. The molecule has 1 aromatic carbocycles. The van der Waals surface area contributed by atoms with Crippen molar-refractivity contribution in [3.05, 3.63) is 52.0 Å². The SMILES string of the molecule is COc1ccc(-n2nc3n(c2=O)CCN([S+](=O)([O-])c2c(C)noc2C)C3)cc1. The van der Waals surface area contributed by atoms with Crippen molar-refractivity contribution in [3.63, 3.8) is 0 Å². The van der Waals surface area contributed by atoms with Gasteiger partial charge in [0.15, 0.2) is 22.0 Å². The van der Waals surface area contributed by atoms with Crippen LogP contribution in [0.15, 0.2) is 38.5 Å². The molecule has 0 N–H and O–H groups in total. The standard InChI is InChI=1S/C17H19N5O5S/c1-11-16(12(2)27-19-11)28(24,25)20-8-9-21-15(10-20)18-22(17(21)23)13-4-6-14(26-3)7-5-13/h4-7H,8-10H2,1-3H3. The molecule has 0 saturated carbocycles. The van der Waals surface area contributed by atoms with Crippen molar-refractivity contribution in [1.82, 2.24) is 23.8 Å². The summed E-state index contributed by atoms with van der Waals surface area (Å²) in [6.07, 6.45) is 0. The second-order valence-corrected chi connectivity index (χ2v) is 8.33. The van der Waals surface area contributed by atoms with Gasteiger partial charge < -0.3 is 13.8 Å². The second-order valence-electron chi connectivity index (χ2n) is 6.45. The molecule has 1 atom stereocenters. The van der Waals surface area contributed by atoms with E-state index in [0.29, 0.717) is 23.0 Å². The molecule has 0 fully saturated rings. The molecule has 4 rings (SSSR count). The van der Waals surface area contributed by atoms with Crippen molar-refractivity contribution < 1.29 is 18.0 Å². The summed E-state index contributed by atoms with van der Waals surface area (Å²) in [5.41, 5.74) is 0.576. The summed E-state index contributed by atoms with van der Waals surface area (Å²) >= 11 is 0. The maximum absolute atomic E-state index is 13.0. The summed E-state index contributed by atoms with van der Waals surface area (Å²) in [5, 5.41) is 8.07. The van der Waals surface area contributed by atoms with Gasteiger partial charge in [-0.15, -0.1) is 9.40 Å². The normalized spacial score (nSPS) is 16.6. The Kier molecular flexibility index (Phi) is 4.44. The highest BCUT2D eigenvalue weighted by Gasteiger charge is 2.39. The minimum absolute atomic E-state index is 0.00914. The minimum Gasteiger partial charge on any atom is -0.593 e. The van der Waals surface area contributed by atoms with Gasteiger partial charge in [0, 0.05) is 13.5 Å². The fraction of sp³-hybridized carbons (Fsp3) is 0.353. The van der Waals surface area contributed by atoms with E-state index in [4.69, 9.17) is 9.26 Å². The lowest BCUT2D eigenvalue weighted by Crippen LogP contribution is -2.44. The number of benzene rings is 1. The Hall–Kier alpha value is -2.76. The third-order valence-electron chi connectivity index (χ3n) is 4.71. The van der Waals surface area contributed by atoms with Crippen LogP contribution in [0.4, 0.5) is 0 Å². The van der Waals surface area contributed by atoms with Crippen molar-refractivity contribution >= 4 is 10.4 Å². The molecular formula is C17H19N5O5S. The first-order chi connectivity index (χ1) is 13.3. The molecule has 0 aliphatic carbocycles. The number of methoxy groups -OCH3 is 1. The zero-order valence-corrected chi connectivity index (χ0v) is 16.4. The molecule has 10 nitrogen and oxygen atoms in total. The summed E-state index contributed by atoms with van der Waals surface area (Å²) in [6.45, 7) is 3.51. The molecule has 0 spiro atoms. The van der Waals surface area contributed by atoms with Gasteiger partial charge in [-0.3, -0.25) is 4.57 Å². The van der Waals surface area contributed by atoms with Crippen LogP contribution in [0.2, 0.25) is 0 Å². The smallest absolute Gasteiger partial charge is 0.350 e. The Morgan fingerprint density at radius 2 is 1.93 bits per heavy atom. The van der Waals surface area contributed by atoms with E-state index in [-0.39, 0.29) is 36.0 Å². The van der Waals surface area contributed by atoms with Crippen LogP contribution in [-0.2, 0) is 27.7 Å². The molecule has 0 bridgehead atoms. The van der Waals surface area contributed by atoms with Gasteiger partial charge in [-0.2, -0.15) is 4.68 Å². The first-order valence-electron chi connectivity index (χ1n) is 8.59. The monoisotopic (exact) mass is 405 g/mol. The van der Waals surface area contributed by atoms with E-state index < -0.39 is 10.4 Å². The number of nitrogens with zero attached hydrogens (tertiary/aromatic N) is 5. The van der Waals surface area contributed by atoms with Gasteiger partial charge in [-0.1, -0.05) is 9.37 Å². The van der Waals surface area contributed by atoms with E-state index in [0.717, 1.165) is 0 Å². The maximum atomic E-state index is 13.0. The third-order valence-corrected chi connectivity index (χ3v) is 6.80. The number of hydrogen-bond acceptors (Lipinski definition) is 7. The molecule has 3 aromatic rings. The van der Waals surface area contributed by atoms with Gasteiger partial charge in [0.25, 0.3) is 0 Å². The predicted molar refractivity (Wildman–Crippen MR) is 97.9 cm³/mol. The molecule has 1 aliphatic heterocycles. The Bertz CT molecular complexity index is 1110. The Balaban J connectivity index is 1.68. The van der Waals surface area contributed by atoms with Crippen molar-refractivity contribution in [2.45, 2.75) is 31.8 Å². The van der Waals surface area contributed by atoms with E-state index in [2.05, 4.69) is 10.3 Å². The number of ether oxygens (including phenoxy) is 1. The van der Waals surface area contributed by atoms with Gasteiger partial charge in [0.05, 0.1) is 19.3 Å². The highest BCUT2D eigenvalue weighted by molar-refractivity contribution is 7.95. The quantitative estimate of drug-likeness (QED) is 0.596. The number of hydrogen-bond donors (Lipinski definition) is 0. The minimum atomic E-state index is -3.80. The molecule has 1 unspecified atom stereocenters. The van der Waals surface area contributed by atoms with E-state index in [1.165, 1.54) is 13.6 Å². The topological polar surface area (TPSA) is 118 Å². The molecule has 28 heavy (non-hydrogen) atoms. The highest BCUT2D eigenvalue weighted by atomic mass is 32.3. The summed E-state index contributed by atoms with van der Waals surface area (Å²) in [5.74, 6) is 1.28. The lowest BCUT2D eigenvalue weighted by Gasteiger charge is -2.29. The van der Waals surface area contributed by atoms with Gasteiger partial charge in [0.2, 0.25) is 4.90 Å². The number of aromatic nitrogens is 4. The van der Waals surface area contributed by atoms with E-state index in [1.54, 1.807) is 45.2 Å². The van der Waals surface area contributed by atoms with Crippen LogP contribution in [-0.4, -0.2) is 42.0 Å². The van der Waals surface area contributed by atoms with Gasteiger partial charge in [-0.05, 0) is 31.2 Å². The Morgan fingerprint density at radius 3 is 2.54 bits per heavy atom. The summed E-state index contributed by atoms with van der Waals surface area (Å²) in [4.78, 5) is 12.8. The second kappa shape index (κ2) is 6.69. The Morgan fingerprint density at radius 1 is 1.21 bits per heavy atom. The van der Waals surface area contributed by atoms with E-state index in [9.17, 15) is 13.6 Å². The summed E-state index contributed by atoms with van der Waals surface area (Å²) in [6, 6.07) is 6.90. The van der Waals surface area contributed by atoms with Gasteiger partial charge in [0.1, 0.15) is 18.0 Å². The highest BCUT2D eigenvalue weighted by Crippen LogP contribution is 2.30. The van der Waals surface area contributed by atoms with Crippen LogP contribution in [0.25, 0.3) is 5.69 Å². The van der Waals surface area contributed by atoms with Gasteiger partial charge in [-0.25, -0.2) is 4.79 Å². The lowest BCUT2D eigenvalue weighted by molar-refractivity contribution is 0.298. The number of rotatable bonds is 4. The van der Waals surface area contributed by atoms with E-state index in [1.807, 2.05) is 0 Å². The average Bonchev–Trinajstić information content (AvgIpc) is 3.21. The molecule has 0 saturated heterocycles. The average molecular weight is 405 g/mol. The van der Waals surface area contributed by atoms with Crippen LogP contribution >= 0.6 is 0 Å². The predicted octanol–water partition coefficient (Wildman–Crippen LogP) is 1.07. The van der Waals surface area contributed by atoms with Crippen LogP contribution in [0.3, 0.4) is 0 Å².